The van der Waals surface area contributed by atoms with E-state index in [9.17, 15) is 13.2 Å². The molecule has 0 aliphatic heterocycles. The Morgan fingerprint density at radius 3 is 2.42 bits per heavy atom. The number of rotatable bonds is 5. The van der Waals surface area contributed by atoms with Gasteiger partial charge in [-0.2, -0.15) is 0 Å². The maximum absolute atomic E-state index is 12.5. The molecule has 2 aromatic rings. The molecule has 5 nitrogen and oxygen atoms in total. The van der Waals surface area contributed by atoms with Crippen molar-refractivity contribution in [1.82, 2.24) is 5.32 Å². The molecule has 0 atom stereocenters. The SMILES string of the molecule is CNC(=O)/C=C/c1ccc(S(=O)(=O)Nc2cccc(Cl)c2C)cc1. The van der Waals surface area contributed by atoms with E-state index in [4.69, 9.17) is 11.6 Å². The summed E-state index contributed by atoms with van der Waals surface area (Å²) in [5.74, 6) is -0.232. The van der Waals surface area contributed by atoms with Crippen LogP contribution >= 0.6 is 11.6 Å². The Kier molecular flexibility index (Phi) is 5.64. The Bertz CT molecular complexity index is 875. The Hall–Kier alpha value is -2.31. The fourth-order valence-corrected chi connectivity index (χ4v) is 3.23. The van der Waals surface area contributed by atoms with Gasteiger partial charge in [0.15, 0.2) is 0 Å². The van der Waals surface area contributed by atoms with E-state index < -0.39 is 10.0 Å². The smallest absolute Gasteiger partial charge is 0.261 e. The number of hydrogen-bond acceptors (Lipinski definition) is 3. The molecule has 0 aromatic heterocycles. The molecule has 1 amide bonds. The number of halogens is 1. The third-order valence-corrected chi connectivity index (χ3v) is 5.17. The van der Waals surface area contributed by atoms with Crippen LogP contribution in [0.25, 0.3) is 6.08 Å². The van der Waals surface area contributed by atoms with Gasteiger partial charge >= 0.3 is 0 Å². The molecule has 0 spiro atoms. The van der Waals surface area contributed by atoms with Crippen LogP contribution in [0.5, 0.6) is 0 Å². The molecule has 0 saturated heterocycles. The van der Waals surface area contributed by atoms with Crippen LogP contribution in [-0.4, -0.2) is 21.4 Å². The Labute approximate surface area is 146 Å². The molecule has 0 saturated carbocycles. The van der Waals surface area contributed by atoms with Crippen molar-refractivity contribution < 1.29 is 13.2 Å². The summed E-state index contributed by atoms with van der Waals surface area (Å²) < 4.78 is 27.4. The molecule has 0 aliphatic carbocycles. The highest BCUT2D eigenvalue weighted by atomic mass is 35.5. The van der Waals surface area contributed by atoms with Crippen LogP contribution in [0, 0.1) is 6.92 Å². The van der Waals surface area contributed by atoms with Crippen LogP contribution in [0.1, 0.15) is 11.1 Å². The fraction of sp³-hybridized carbons (Fsp3) is 0.118. The molecule has 24 heavy (non-hydrogen) atoms. The van der Waals surface area contributed by atoms with Crippen molar-refractivity contribution in [3.8, 4) is 0 Å². The molecule has 2 aromatic carbocycles. The number of likely N-dealkylation sites (N-methyl/N-ethyl adjacent to an activating group) is 1. The maximum Gasteiger partial charge on any atom is 0.261 e. The van der Waals surface area contributed by atoms with E-state index in [0.29, 0.717) is 16.3 Å². The minimum Gasteiger partial charge on any atom is -0.356 e. The minimum absolute atomic E-state index is 0.124. The summed E-state index contributed by atoms with van der Waals surface area (Å²) in [5.41, 5.74) is 1.82. The Balaban J connectivity index is 2.22. The molecule has 126 valence electrons. The van der Waals surface area contributed by atoms with Crippen molar-refractivity contribution in [2.75, 3.05) is 11.8 Å². The number of hydrogen-bond donors (Lipinski definition) is 2. The van der Waals surface area contributed by atoms with E-state index >= 15 is 0 Å². The lowest BCUT2D eigenvalue weighted by molar-refractivity contribution is -0.115. The first kappa shape index (κ1) is 18.0. The molecule has 2 rings (SSSR count). The van der Waals surface area contributed by atoms with Crippen LogP contribution in [-0.2, 0) is 14.8 Å². The van der Waals surface area contributed by atoms with Crippen molar-refractivity contribution in [3.63, 3.8) is 0 Å². The molecule has 0 bridgehead atoms. The quantitative estimate of drug-likeness (QED) is 0.800. The van der Waals surface area contributed by atoms with Gasteiger partial charge in [-0.3, -0.25) is 9.52 Å². The first-order chi connectivity index (χ1) is 11.3. The number of benzene rings is 2. The van der Waals surface area contributed by atoms with Crippen molar-refractivity contribution in [2.24, 2.45) is 0 Å². The van der Waals surface area contributed by atoms with Crippen molar-refractivity contribution in [3.05, 3.63) is 64.7 Å². The van der Waals surface area contributed by atoms with Gasteiger partial charge in [-0.05, 0) is 48.4 Å². The van der Waals surface area contributed by atoms with Crippen LogP contribution in [0.15, 0.2) is 53.4 Å². The van der Waals surface area contributed by atoms with E-state index in [1.54, 1.807) is 43.3 Å². The third kappa shape index (κ3) is 4.37. The number of carbonyl (C=O) groups is 1. The van der Waals surface area contributed by atoms with E-state index in [2.05, 4.69) is 10.0 Å². The summed E-state index contributed by atoms with van der Waals surface area (Å²) in [7, 11) is -2.18. The minimum atomic E-state index is -3.72. The van der Waals surface area contributed by atoms with E-state index in [-0.39, 0.29) is 10.8 Å². The van der Waals surface area contributed by atoms with Crippen LogP contribution in [0.3, 0.4) is 0 Å². The third-order valence-electron chi connectivity index (χ3n) is 3.38. The first-order valence-electron chi connectivity index (χ1n) is 7.11. The van der Waals surface area contributed by atoms with Crippen LogP contribution < -0.4 is 10.0 Å². The summed E-state index contributed by atoms with van der Waals surface area (Å²) in [6.07, 6.45) is 2.97. The summed E-state index contributed by atoms with van der Waals surface area (Å²) in [4.78, 5) is 11.3. The van der Waals surface area contributed by atoms with Gasteiger partial charge < -0.3 is 5.32 Å². The molecule has 7 heteroatoms. The highest BCUT2D eigenvalue weighted by Crippen LogP contribution is 2.25. The summed E-state index contributed by atoms with van der Waals surface area (Å²) in [6, 6.07) is 11.2. The lowest BCUT2D eigenvalue weighted by Gasteiger charge is -2.11. The fourth-order valence-electron chi connectivity index (χ4n) is 1.94. The summed E-state index contributed by atoms with van der Waals surface area (Å²) in [5, 5.41) is 2.96. The predicted molar refractivity (Wildman–Crippen MR) is 96.5 cm³/mol. The molecule has 0 heterocycles. The lowest BCUT2D eigenvalue weighted by Crippen LogP contribution is -2.14. The number of carbonyl (C=O) groups excluding carboxylic acids is 1. The van der Waals surface area contributed by atoms with Gasteiger partial charge in [0, 0.05) is 18.1 Å². The van der Waals surface area contributed by atoms with E-state index in [1.807, 2.05) is 0 Å². The molecule has 0 radical (unpaired) electrons. The van der Waals surface area contributed by atoms with Crippen molar-refractivity contribution in [1.29, 1.82) is 0 Å². The van der Waals surface area contributed by atoms with Gasteiger partial charge in [-0.1, -0.05) is 29.8 Å². The molecule has 2 N–H and O–H groups in total. The summed E-state index contributed by atoms with van der Waals surface area (Å²) >= 11 is 6.01. The van der Waals surface area contributed by atoms with E-state index in [0.717, 1.165) is 5.56 Å². The zero-order valence-electron chi connectivity index (χ0n) is 13.2. The molecule has 0 aliphatic rings. The lowest BCUT2D eigenvalue weighted by atomic mass is 10.2. The highest BCUT2D eigenvalue weighted by molar-refractivity contribution is 7.92. The van der Waals surface area contributed by atoms with Crippen LogP contribution in [0.4, 0.5) is 5.69 Å². The van der Waals surface area contributed by atoms with Gasteiger partial charge in [0.05, 0.1) is 10.6 Å². The Morgan fingerprint density at radius 1 is 1.12 bits per heavy atom. The zero-order valence-corrected chi connectivity index (χ0v) is 14.8. The number of anilines is 1. The maximum atomic E-state index is 12.5. The second-order valence-corrected chi connectivity index (χ2v) is 7.12. The molecule has 0 unspecified atom stereocenters. The largest absolute Gasteiger partial charge is 0.356 e. The van der Waals surface area contributed by atoms with Gasteiger partial charge in [-0.15, -0.1) is 0 Å². The first-order valence-corrected chi connectivity index (χ1v) is 8.97. The topological polar surface area (TPSA) is 75.3 Å². The molecule has 0 fully saturated rings. The average molecular weight is 365 g/mol. The number of sulfonamides is 1. The predicted octanol–water partition coefficient (Wildman–Crippen LogP) is 3.21. The van der Waals surface area contributed by atoms with Gasteiger partial charge in [0.2, 0.25) is 5.91 Å². The van der Waals surface area contributed by atoms with Crippen molar-refractivity contribution >= 4 is 39.3 Å². The van der Waals surface area contributed by atoms with E-state index in [1.165, 1.54) is 25.3 Å². The summed E-state index contributed by atoms with van der Waals surface area (Å²) in [6.45, 7) is 1.74. The standard InChI is InChI=1S/C17H17ClN2O3S/c1-12-15(18)4-3-5-16(12)20-24(22,23)14-9-6-13(7-10-14)8-11-17(21)19-2/h3-11,20H,1-2H3,(H,19,21)/b11-8+. The molecular weight excluding hydrogens is 348 g/mol. The highest BCUT2D eigenvalue weighted by Gasteiger charge is 2.15. The van der Waals surface area contributed by atoms with Gasteiger partial charge in [-0.25, -0.2) is 8.42 Å². The van der Waals surface area contributed by atoms with Crippen LogP contribution in [0.2, 0.25) is 5.02 Å². The monoisotopic (exact) mass is 364 g/mol. The van der Waals surface area contributed by atoms with Gasteiger partial charge in [0.1, 0.15) is 0 Å². The second kappa shape index (κ2) is 7.51. The van der Waals surface area contributed by atoms with Crippen molar-refractivity contribution in [2.45, 2.75) is 11.8 Å². The second-order valence-electron chi connectivity index (χ2n) is 5.03. The normalized spacial score (nSPS) is 11.5. The Morgan fingerprint density at radius 2 is 1.79 bits per heavy atom. The zero-order chi connectivity index (χ0) is 17.7. The van der Waals surface area contributed by atoms with Gasteiger partial charge in [0.25, 0.3) is 10.0 Å². The molecular formula is C17H17ClN2O3S. The average Bonchev–Trinajstić information content (AvgIpc) is 2.57. The number of nitrogens with one attached hydrogen (secondary N) is 2. The number of amides is 1.